The summed E-state index contributed by atoms with van der Waals surface area (Å²) in [6.07, 6.45) is 1.81. The first-order chi connectivity index (χ1) is 12.2. The molecular weight excluding hydrogens is 356 g/mol. The molecule has 0 aliphatic rings. The number of methoxy groups -OCH3 is 2. The third-order valence-corrected chi connectivity index (χ3v) is 5.86. The molecule has 0 amide bonds. The molecule has 8 heteroatoms. The van der Waals surface area contributed by atoms with Crippen molar-refractivity contribution in [3.8, 4) is 22.8 Å². The van der Waals surface area contributed by atoms with Crippen LogP contribution in [0.5, 0.6) is 11.5 Å². The number of imidazole rings is 1. The lowest BCUT2D eigenvalue weighted by Crippen LogP contribution is -2.10. The van der Waals surface area contributed by atoms with Crippen molar-refractivity contribution in [1.29, 1.82) is 0 Å². The fourth-order valence-corrected chi connectivity index (χ4v) is 4.31. The van der Waals surface area contributed by atoms with E-state index in [-0.39, 0.29) is 6.04 Å². The molecule has 128 valence electrons. The highest BCUT2D eigenvalue weighted by Gasteiger charge is 2.19. The van der Waals surface area contributed by atoms with Gasteiger partial charge in [-0.05, 0) is 29.6 Å². The number of rotatable bonds is 5. The predicted octanol–water partition coefficient (Wildman–Crippen LogP) is 3.58. The summed E-state index contributed by atoms with van der Waals surface area (Å²) in [4.78, 5) is 6.37. The van der Waals surface area contributed by atoms with Crippen molar-refractivity contribution in [1.82, 2.24) is 14.6 Å². The van der Waals surface area contributed by atoms with Crippen molar-refractivity contribution in [3.05, 3.63) is 51.8 Å². The quantitative estimate of drug-likeness (QED) is 0.579. The predicted molar refractivity (Wildman–Crippen MR) is 99.8 cm³/mol. The SMILES string of the molecule is COc1ccc(-c2cnc3sc(C(N)c4cccs4)nn23)cc1OC. The van der Waals surface area contributed by atoms with Crippen LogP contribution in [0.1, 0.15) is 15.9 Å². The zero-order valence-electron chi connectivity index (χ0n) is 13.7. The molecule has 0 aliphatic heterocycles. The molecule has 6 nitrogen and oxygen atoms in total. The van der Waals surface area contributed by atoms with Gasteiger partial charge in [-0.2, -0.15) is 5.10 Å². The zero-order valence-corrected chi connectivity index (χ0v) is 15.3. The number of fused-ring (bicyclic) bond motifs is 1. The molecule has 1 atom stereocenters. The number of ether oxygens (including phenoxy) is 2. The van der Waals surface area contributed by atoms with Crippen LogP contribution in [0.2, 0.25) is 0 Å². The molecule has 3 aromatic heterocycles. The first kappa shape index (κ1) is 16.1. The first-order valence-electron chi connectivity index (χ1n) is 7.57. The van der Waals surface area contributed by atoms with Gasteiger partial charge in [0.2, 0.25) is 4.96 Å². The van der Waals surface area contributed by atoms with Crippen LogP contribution in [0.15, 0.2) is 41.9 Å². The van der Waals surface area contributed by atoms with E-state index >= 15 is 0 Å². The lowest BCUT2D eigenvalue weighted by Gasteiger charge is -2.09. The number of thiophene rings is 1. The number of hydrogen-bond donors (Lipinski definition) is 1. The van der Waals surface area contributed by atoms with E-state index in [1.165, 1.54) is 11.3 Å². The first-order valence-corrected chi connectivity index (χ1v) is 9.26. The van der Waals surface area contributed by atoms with E-state index in [0.717, 1.165) is 26.1 Å². The van der Waals surface area contributed by atoms with Gasteiger partial charge >= 0.3 is 0 Å². The van der Waals surface area contributed by atoms with E-state index in [0.29, 0.717) is 11.5 Å². The third-order valence-electron chi connectivity index (χ3n) is 3.90. The summed E-state index contributed by atoms with van der Waals surface area (Å²) >= 11 is 3.13. The summed E-state index contributed by atoms with van der Waals surface area (Å²) in [7, 11) is 3.24. The Hall–Kier alpha value is -2.42. The number of nitrogens with two attached hydrogens (primary N) is 1. The minimum Gasteiger partial charge on any atom is -0.493 e. The molecule has 4 aromatic rings. The van der Waals surface area contributed by atoms with Crippen LogP contribution >= 0.6 is 22.7 Å². The van der Waals surface area contributed by atoms with Crippen LogP contribution in [-0.2, 0) is 0 Å². The molecule has 0 bridgehead atoms. The van der Waals surface area contributed by atoms with E-state index in [4.69, 9.17) is 15.2 Å². The molecule has 0 aliphatic carbocycles. The molecular formula is C17H16N4O2S2. The molecule has 1 unspecified atom stereocenters. The minimum atomic E-state index is -0.232. The molecule has 0 spiro atoms. The fourth-order valence-electron chi connectivity index (χ4n) is 2.62. The molecule has 25 heavy (non-hydrogen) atoms. The summed E-state index contributed by atoms with van der Waals surface area (Å²) in [5, 5.41) is 7.54. The van der Waals surface area contributed by atoms with Gasteiger partial charge in [0.25, 0.3) is 0 Å². The molecule has 0 saturated heterocycles. The Kier molecular flexibility index (Phi) is 4.16. The second kappa shape index (κ2) is 6.47. The molecule has 0 radical (unpaired) electrons. The number of hydrogen-bond acceptors (Lipinski definition) is 7. The standard InChI is InChI=1S/C17H16N4O2S2/c1-22-12-6-5-10(8-13(12)23-2)11-9-19-17-21(11)20-16(25-17)15(18)14-4-3-7-24-14/h3-9,15H,18H2,1-2H3. The van der Waals surface area contributed by atoms with Gasteiger partial charge in [0.05, 0.1) is 32.2 Å². The van der Waals surface area contributed by atoms with Crippen molar-refractivity contribution in [2.75, 3.05) is 14.2 Å². The van der Waals surface area contributed by atoms with Crippen molar-refractivity contribution >= 4 is 27.6 Å². The maximum absolute atomic E-state index is 6.34. The van der Waals surface area contributed by atoms with Crippen LogP contribution in [-0.4, -0.2) is 28.8 Å². The van der Waals surface area contributed by atoms with Gasteiger partial charge in [-0.15, -0.1) is 11.3 Å². The van der Waals surface area contributed by atoms with E-state index < -0.39 is 0 Å². The normalized spacial score (nSPS) is 12.4. The number of nitrogens with zero attached hydrogens (tertiary/aromatic N) is 3. The Morgan fingerprint density at radius 1 is 1.16 bits per heavy atom. The van der Waals surface area contributed by atoms with E-state index in [1.807, 2.05) is 40.2 Å². The average molecular weight is 372 g/mol. The van der Waals surface area contributed by atoms with Gasteiger partial charge in [-0.25, -0.2) is 9.50 Å². The summed E-state index contributed by atoms with van der Waals surface area (Å²) in [5.41, 5.74) is 8.17. The van der Waals surface area contributed by atoms with Gasteiger partial charge < -0.3 is 15.2 Å². The van der Waals surface area contributed by atoms with Crippen LogP contribution in [0, 0.1) is 0 Å². The molecule has 0 saturated carbocycles. The monoisotopic (exact) mass is 372 g/mol. The van der Waals surface area contributed by atoms with E-state index in [1.54, 1.807) is 31.8 Å². The largest absolute Gasteiger partial charge is 0.493 e. The highest BCUT2D eigenvalue weighted by atomic mass is 32.1. The van der Waals surface area contributed by atoms with Gasteiger partial charge in [-0.3, -0.25) is 0 Å². The fraction of sp³-hybridized carbons (Fsp3) is 0.176. The summed E-state index contributed by atoms with van der Waals surface area (Å²) in [5.74, 6) is 1.35. The maximum atomic E-state index is 6.34. The van der Waals surface area contributed by atoms with Crippen LogP contribution in [0.4, 0.5) is 0 Å². The van der Waals surface area contributed by atoms with Crippen molar-refractivity contribution in [2.45, 2.75) is 6.04 Å². The smallest absolute Gasteiger partial charge is 0.212 e. The average Bonchev–Trinajstić information content (AvgIpc) is 3.36. The van der Waals surface area contributed by atoms with Crippen LogP contribution < -0.4 is 15.2 Å². The number of aromatic nitrogens is 3. The van der Waals surface area contributed by atoms with Crippen LogP contribution in [0.25, 0.3) is 16.2 Å². The maximum Gasteiger partial charge on any atom is 0.212 e. The minimum absolute atomic E-state index is 0.232. The molecule has 1 aromatic carbocycles. The van der Waals surface area contributed by atoms with Gasteiger partial charge in [0.1, 0.15) is 5.01 Å². The highest BCUT2D eigenvalue weighted by molar-refractivity contribution is 7.17. The van der Waals surface area contributed by atoms with Gasteiger partial charge in [0.15, 0.2) is 11.5 Å². The lowest BCUT2D eigenvalue weighted by atomic mass is 10.1. The van der Waals surface area contributed by atoms with Crippen molar-refractivity contribution in [2.24, 2.45) is 5.73 Å². The Labute approximate surface area is 152 Å². The van der Waals surface area contributed by atoms with Crippen LogP contribution in [0.3, 0.4) is 0 Å². The zero-order chi connectivity index (χ0) is 17.4. The Balaban J connectivity index is 1.76. The number of benzene rings is 1. The topological polar surface area (TPSA) is 74.7 Å². The van der Waals surface area contributed by atoms with Crippen molar-refractivity contribution < 1.29 is 9.47 Å². The second-order valence-corrected chi connectivity index (χ2v) is 7.31. The molecule has 0 fully saturated rings. The Morgan fingerprint density at radius 2 is 2.00 bits per heavy atom. The summed E-state index contributed by atoms with van der Waals surface area (Å²) < 4.78 is 12.5. The summed E-state index contributed by atoms with van der Waals surface area (Å²) in [6.45, 7) is 0. The van der Waals surface area contributed by atoms with E-state index in [9.17, 15) is 0 Å². The van der Waals surface area contributed by atoms with Gasteiger partial charge in [0, 0.05) is 10.4 Å². The Morgan fingerprint density at radius 3 is 2.72 bits per heavy atom. The van der Waals surface area contributed by atoms with Gasteiger partial charge in [-0.1, -0.05) is 17.4 Å². The van der Waals surface area contributed by atoms with Crippen molar-refractivity contribution in [3.63, 3.8) is 0 Å². The lowest BCUT2D eigenvalue weighted by molar-refractivity contribution is 0.355. The third kappa shape index (κ3) is 2.78. The highest BCUT2D eigenvalue weighted by Crippen LogP contribution is 2.34. The molecule has 4 rings (SSSR count). The molecule has 2 N–H and O–H groups in total. The summed E-state index contributed by atoms with van der Waals surface area (Å²) in [6, 6.07) is 9.54. The van der Waals surface area contributed by atoms with E-state index in [2.05, 4.69) is 10.1 Å². The Bertz CT molecular complexity index is 1010. The second-order valence-electron chi connectivity index (χ2n) is 5.34. The molecule has 3 heterocycles.